The van der Waals surface area contributed by atoms with Crippen molar-refractivity contribution in [2.45, 2.75) is 63.3 Å². The zero-order valence-corrected chi connectivity index (χ0v) is 13.6. The molecular weight excluding hydrogens is 310 g/mol. The first-order valence-electron chi connectivity index (χ1n) is 8.55. The van der Waals surface area contributed by atoms with Crippen molar-refractivity contribution in [2.75, 3.05) is 0 Å². The standard InChI is InChI=1S/C17H23N3O4/c1-9-11-6-7-20(16(11)19-8-18-9)17-14(23)13(22)15(24-17)12(21)10-4-2-3-5-10/h6-8,10,12-15,17,21-23H,2-5H2,1H3/t12?,13-,14+,15+,17+/m0/s1. The summed E-state index contributed by atoms with van der Waals surface area (Å²) < 4.78 is 7.61. The van der Waals surface area contributed by atoms with Crippen molar-refractivity contribution in [1.82, 2.24) is 14.5 Å². The quantitative estimate of drug-likeness (QED) is 0.772. The number of rotatable bonds is 3. The average Bonchev–Trinajstić information content (AvgIpc) is 3.29. The second-order valence-corrected chi connectivity index (χ2v) is 6.93. The van der Waals surface area contributed by atoms with Crippen molar-refractivity contribution < 1.29 is 20.1 Å². The number of nitrogens with zero attached hydrogens (tertiary/aromatic N) is 3. The molecule has 0 aromatic carbocycles. The minimum Gasteiger partial charge on any atom is -0.390 e. The Hall–Kier alpha value is -1.54. The van der Waals surface area contributed by atoms with Crippen LogP contribution < -0.4 is 0 Å². The maximum absolute atomic E-state index is 10.6. The van der Waals surface area contributed by atoms with Crippen molar-refractivity contribution >= 4 is 11.0 Å². The van der Waals surface area contributed by atoms with E-state index < -0.39 is 30.6 Å². The van der Waals surface area contributed by atoms with E-state index in [2.05, 4.69) is 9.97 Å². The van der Waals surface area contributed by atoms with Gasteiger partial charge in [-0.05, 0) is 31.7 Å². The smallest absolute Gasteiger partial charge is 0.164 e. The van der Waals surface area contributed by atoms with Gasteiger partial charge in [0.05, 0.1) is 11.8 Å². The first-order chi connectivity index (χ1) is 11.6. The van der Waals surface area contributed by atoms with E-state index in [9.17, 15) is 15.3 Å². The van der Waals surface area contributed by atoms with Crippen molar-refractivity contribution in [3.8, 4) is 0 Å². The van der Waals surface area contributed by atoms with Gasteiger partial charge in [-0.1, -0.05) is 12.8 Å². The van der Waals surface area contributed by atoms with E-state index in [-0.39, 0.29) is 5.92 Å². The number of hydrogen-bond acceptors (Lipinski definition) is 6. The molecule has 0 amide bonds. The van der Waals surface area contributed by atoms with E-state index in [0.29, 0.717) is 5.65 Å². The molecular formula is C17H23N3O4. The number of hydrogen-bond donors (Lipinski definition) is 3. The number of aryl methyl sites for hydroxylation is 1. The van der Waals surface area contributed by atoms with E-state index in [1.54, 1.807) is 10.8 Å². The molecule has 1 saturated heterocycles. The summed E-state index contributed by atoms with van der Waals surface area (Å²) in [5.41, 5.74) is 1.49. The van der Waals surface area contributed by atoms with Gasteiger partial charge >= 0.3 is 0 Å². The van der Waals surface area contributed by atoms with Crippen LogP contribution in [0.2, 0.25) is 0 Å². The molecule has 2 aromatic heterocycles. The lowest BCUT2D eigenvalue weighted by Gasteiger charge is -2.25. The molecule has 7 heteroatoms. The van der Waals surface area contributed by atoms with Crippen LogP contribution in [0.5, 0.6) is 0 Å². The van der Waals surface area contributed by atoms with Crippen LogP contribution in [0.15, 0.2) is 18.6 Å². The fourth-order valence-corrected chi connectivity index (χ4v) is 4.07. The Morgan fingerprint density at radius 2 is 1.96 bits per heavy atom. The van der Waals surface area contributed by atoms with E-state index in [1.165, 1.54) is 6.33 Å². The van der Waals surface area contributed by atoms with E-state index in [0.717, 1.165) is 36.8 Å². The van der Waals surface area contributed by atoms with Crippen LogP contribution in [0.3, 0.4) is 0 Å². The summed E-state index contributed by atoms with van der Waals surface area (Å²) in [4.78, 5) is 8.43. The Morgan fingerprint density at radius 3 is 2.71 bits per heavy atom. The average molecular weight is 333 g/mol. The van der Waals surface area contributed by atoms with Crippen LogP contribution >= 0.6 is 0 Å². The van der Waals surface area contributed by atoms with Gasteiger partial charge in [0, 0.05) is 11.6 Å². The number of aliphatic hydroxyl groups is 3. The Balaban J connectivity index is 1.62. The largest absolute Gasteiger partial charge is 0.390 e. The van der Waals surface area contributed by atoms with Crippen molar-refractivity contribution in [1.29, 1.82) is 0 Å². The lowest BCUT2D eigenvalue weighted by atomic mass is 9.93. The molecule has 4 rings (SSSR count). The third kappa shape index (κ3) is 2.43. The van der Waals surface area contributed by atoms with Crippen LogP contribution in [0.4, 0.5) is 0 Å². The fourth-order valence-electron chi connectivity index (χ4n) is 4.07. The van der Waals surface area contributed by atoms with Crippen LogP contribution in [0.1, 0.15) is 37.6 Å². The van der Waals surface area contributed by atoms with Gasteiger partial charge in [-0.15, -0.1) is 0 Å². The molecule has 1 unspecified atom stereocenters. The van der Waals surface area contributed by atoms with Crippen LogP contribution in [-0.2, 0) is 4.74 Å². The van der Waals surface area contributed by atoms with E-state index in [1.807, 2.05) is 13.0 Å². The summed E-state index contributed by atoms with van der Waals surface area (Å²) >= 11 is 0. The fraction of sp³-hybridized carbons (Fsp3) is 0.647. The Morgan fingerprint density at radius 1 is 1.21 bits per heavy atom. The maximum atomic E-state index is 10.6. The third-order valence-electron chi connectivity index (χ3n) is 5.48. The third-order valence-corrected chi connectivity index (χ3v) is 5.48. The highest BCUT2D eigenvalue weighted by Crippen LogP contribution is 2.38. The predicted octanol–water partition coefficient (Wildman–Crippen LogP) is 0.910. The van der Waals surface area contributed by atoms with Gasteiger partial charge in [0.1, 0.15) is 30.3 Å². The summed E-state index contributed by atoms with van der Waals surface area (Å²) in [7, 11) is 0. The number of aromatic nitrogens is 3. The molecule has 5 atom stereocenters. The zero-order valence-electron chi connectivity index (χ0n) is 13.6. The molecule has 1 aliphatic carbocycles. The van der Waals surface area contributed by atoms with Crippen LogP contribution in [-0.4, -0.2) is 54.3 Å². The monoisotopic (exact) mass is 333 g/mol. The Labute approximate surface area is 139 Å². The van der Waals surface area contributed by atoms with Crippen molar-refractivity contribution in [3.05, 3.63) is 24.3 Å². The lowest BCUT2D eigenvalue weighted by molar-refractivity contribution is -0.0997. The Kier molecular flexibility index (Phi) is 4.04. The zero-order chi connectivity index (χ0) is 16.8. The molecule has 2 fully saturated rings. The van der Waals surface area contributed by atoms with E-state index in [4.69, 9.17) is 4.74 Å². The summed E-state index contributed by atoms with van der Waals surface area (Å²) in [5.74, 6) is 0.126. The molecule has 0 spiro atoms. The van der Waals surface area contributed by atoms with Crippen molar-refractivity contribution in [3.63, 3.8) is 0 Å². The molecule has 0 bridgehead atoms. The maximum Gasteiger partial charge on any atom is 0.164 e. The highest BCUT2D eigenvalue weighted by atomic mass is 16.6. The number of fused-ring (bicyclic) bond motifs is 1. The molecule has 24 heavy (non-hydrogen) atoms. The van der Waals surface area contributed by atoms with Gasteiger partial charge in [0.25, 0.3) is 0 Å². The van der Waals surface area contributed by atoms with Gasteiger partial charge < -0.3 is 24.6 Å². The highest BCUT2D eigenvalue weighted by Gasteiger charge is 2.48. The molecule has 1 saturated carbocycles. The van der Waals surface area contributed by atoms with Crippen molar-refractivity contribution in [2.24, 2.45) is 5.92 Å². The second-order valence-electron chi connectivity index (χ2n) is 6.93. The molecule has 2 aliphatic rings. The second kappa shape index (κ2) is 6.07. The molecule has 7 nitrogen and oxygen atoms in total. The normalized spacial score (nSPS) is 32.7. The first-order valence-corrected chi connectivity index (χ1v) is 8.55. The predicted molar refractivity (Wildman–Crippen MR) is 86.2 cm³/mol. The SMILES string of the molecule is Cc1ncnc2c1ccn2[C@@H]1O[C@H](C(O)C2CCCC2)[C@@H](O)[C@H]1O. The molecule has 3 N–H and O–H groups in total. The van der Waals surface area contributed by atoms with Gasteiger partial charge in [-0.3, -0.25) is 0 Å². The molecule has 2 aromatic rings. The van der Waals surface area contributed by atoms with Crippen LogP contribution in [0, 0.1) is 12.8 Å². The number of aliphatic hydroxyl groups excluding tert-OH is 3. The molecule has 1 aliphatic heterocycles. The minimum absolute atomic E-state index is 0.126. The van der Waals surface area contributed by atoms with Gasteiger partial charge in [0.15, 0.2) is 6.23 Å². The summed E-state index contributed by atoms with van der Waals surface area (Å²) in [6, 6.07) is 1.87. The molecule has 0 radical (unpaired) electrons. The van der Waals surface area contributed by atoms with Gasteiger partial charge in [-0.25, -0.2) is 9.97 Å². The first kappa shape index (κ1) is 16.0. The van der Waals surface area contributed by atoms with Gasteiger partial charge in [0.2, 0.25) is 0 Å². The highest BCUT2D eigenvalue weighted by molar-refractivity contribution is 5.78. The lowest BCUT2D eigenvalue weighted by Crippen LogP contribution is -2.41. The van der Waals surface area contributed by atoms with Gasteiger partial charge in [-0.2, -0.15) is 0 Å². The molecule has 3 heterocycles. The Bertz CT molecular complexity index is 728. The summed E-state index contributed by atoms with van der Waals surface area (Å²) in [6.07, 6.45) is 2.75. The van der Waals surface area contributed by atoms with E-state index >= 15 is 0 Å². The topological polar surface area (TPSA) is 101 Å². The minimum atomic E-state index is -1.12. The molecule has 130 valence electrons. The summed E-state index contributed by atoms with van der Waals surface area (Å²) in [6.45, 7) is 1.89. The number of ether oxygens (including phenoxy) is 1. The van der Waals surface area contributed by atoms with Crippen LogP contribution in [0.25, 0.3) is 11.0 Å². The summed E-state index contributed by atoms with van der Waals surface area (Å²) in [5, 5.41) is 32.3.